The molecule has 1 N–H and O–H groups in total. The first-order valence-corrected chi connectivity index (χ1v) is 11.8. The van der Waals surface area contributed by atoms with Crippen molar-refractivity contribution in [2.75, 3.05) is 12.4 Å². The summed E-state index contributed by atoms with van der Waals surface area (Å²) in [5.74, 6) is 0.650. The lowest BCUT2D eigenvalue weighted by Crippen LogP contribution is -2.26. The number of fused-ring (bicyclic) bond motifs is 1. The second-order valence-corrected chi connectivity index (χ2v) is 10.4. The van der Waals surface area contributed by atoms with Crippen molar-refractivity contribution in [2.45, 2.75) is 66.4 Å². The number of thiophene rings is 1. The Morgan fingerprint density at radius 2 is 1.90 bits per heavy atom. The lowest BCUT2D eigenvalue weighted by Gasteiger charge is -2.33. The van der Waals surface area contributed by atoms with E-state index in [1.54, 1.807) is 24.3 Å². The van der Waals surface area contributed by atoms with Gasteiger partial charge in [-0.3, -0.25) is 4.79 Å². The Morgan fingerprint density at radius 3 is 2.48 bits per heavy atom. The number of ether oxygens (including phenoxy) is 2. The number of methoxy groups -OCH3 is 1. The van der Waals surface area contributed by atoms with Crippen LogP contribution < -0.4 is 10.1 Å². The Hall–Kier alpha value is -2.34. The number of carbonyl (C=O) groups is 2. The standard InChI is InChI=1S/C25H33NO4S/c1-7-15(2)30-18-11-8-16(9-12-18)22(27)26-23-21(24(28)29-6)19-13-10-17(25(3,4)5)14-20(19)31-23/h8-9,11-12,15,17H,7,10,13-14H2,1-6H3,(H,26,27). The van der Waals surface area contributed by atoms with Crippen LogP contribution >= 0.6 is 11.3 Å². The molecule has 1 aliphatic rings. The highest BCUT2D eigenvalue weighted by atomic mass is 32.1. The van der Waals surface area contributed by atoms with E-state index in [1.807, 2.05) is 6.92 Å². The lowest BCUT2D eigenvalue weighted by molar-refractivity contribution is 0.0600. The minimum atomic E-state index is -0.390. The van der Waals surface area contributed by atoms with E-state index in [1.165, 1.54) is 23.3 Å². The maximum absolute atomic E-state index is 12.9. The minimum Gasteiger partial charge on any atom is -0.491 e. The molecule has 0 saturated heterocycles. The van der Waals surface area contributed by atoms with Crippen LogP contribution in [0.25, 0.3) is 0 Å². The highest BCUT2D eigenvalue weighted by Gasteiger charge is 2.34. The van der Waals surface area contributed by atoms with Gasteiger partial charge >= 0.3 is 5.97 Å². The molecular formula is C25H33NO4S. The summed E-state index contributed by atoms with van der Waals surface area (Å²) in [5, 5.41) is 3.54. The molecule has 1 amide bonds. The number of amides is 1. The third-order valence-corrected chi connectivity index (χ3v) is 7.31. The summed E-state index contributed by atoms with van der Waals surface area (Å²) in [6.07, 6.45) is 3.82. The van der Waals surface area contributed by atoms with E-state index in [0.717, 1.165) is 37.0 Å². The molecule has 3 rings (SSSR count). The predicted molar refractivity (Wildman–Crippen MR) is 125 cm³/mol. The molecule has 0 saturated carbocycles. The highest BCUT2D eigenvalue weighted by molar-refractivity contribution is 7.17. The molecule has 0 aliphatic heterocycles. The fourth-order valence-corrected chi connectivity index (χ4v) is 5.22. The van der Waals surface area contributed by atoms with Crippen molar-refractivity contribution in [3.05, 3.63) is 45.8 Å². The summed E-state index contributed by atoms with van der Waals surface area (Å²) < 4.78 is 10.8. The number of benzene rings is 1. The van der Waals surface area contributed by atoms with Crippen molar-refractivity contribution in [3.63, 3.8) is 0 Å². The molecule has 5 nitrogen and oxygen atoms in total. The fourth-order valence-electron chi connectivity index (χ4n) is 3.91. The molecule has 2 unspecified atom stereocenters. The van der Waals surface area contributed by atoms with Gasteiger partial charge < -0.3 is 14.8 Å². The lowest BCUT2D eigenvalue weighted by atomic mass is 9.72. The van der Waals surface area contributed by atoms with E-state index in [2.05, 4.69) is 33.0 Å². The van der Waals surface area contributed by atoms with Crippen molar-refractivity contribution in [1.82, 2.24) is 0 Å². The van der Waals surface area contributed by atoms with Gasteiger partial charge in [0.1, 0.15) is 10.8 Å². The summed E-state index contributed by atoms with van der Waals surface area (Å²) >= 11 is 1.51. The first-order chi connectivity index (χ1) is 14.6. The molecule has 2 atom stereocenters. The Bertz CT molecular complexity index is 940. The quantitative estimate of drug-likeness (QED) is 0.547. The highest BCUT2D eigenvalue weighted by Crippen LogP contribution is 2.44. The van der Waals surface area contributed by atoms with Crippen LogP contribution in [-0.2, 0) is 17.6 Å². The Labute approximate surface area is 189 Å². The first-order valence-electron chi connectivity index (χ1n) is 10.9. The third-order valence-electron chi connectivity index (χ3n) is 6.14. The maximum Gasteiger partial charge on any atom is 0.341 e. The van der Waals surface area contributed by atoms with E-state index in [4.69, 9.17) is 9.47 Å². The molecule has 31 heavy (non-hydrogen) atoms. The summed E-state index contributed by atoms with van der Waals surface area (Å²) in [5.41, 5.74) is 2.27. The molecule has 6 heteroatoms. The number of nitrogens with one attached hydrogen (secondary N) is 1. The van der Waals surface area contributed by atoms with Crippen LogP contribution in [0.5, 0.6) is 5.75 Å². The van der Waals surface area contributed by atoms with E-state index < -0.39 is 0 Å². The molecule has 0 bridgehead atoms. The number of rotatable bonds is 6. The largest absolute Gasteiger partial charge is 0.491 e. The fraction of sp³-hybridized carbons (Fsp3) is 0.520. The molecule has 0 spiro atoms. The van der Waals surface area contributed by atoms with Crippen LogP contribution in [0.15, 0.2) is 24.3 Å². The number of hydrogen-bond donors (Lipinski definition) is 1. The van der Waals surface area contributed by atoms with Gasteiger partial charge in [-0.2, -0.15) is 0 Å². The second-order valence-electron chi connectivity index (χ2n) is 9.32. The molecule has 0 fully saturated rings. The molecule has 1 aromatic carbocycles. The molecule has 2 aromatic rings. The van der Waals surface area contributed by atoms with Crippen LogP contribution in [0.4, 0.5) is 5.00 Å². The van der Waals surface area contributed by atoms with E-state index in [0.29, 0.717) is 22.0 Å². The number of carbonyl (C=O) groups excluding carboxylic acids is 2. The SMILES string of the molecule is CCC(C)Oc1ccc(C(=O)Nc2sc3c(c2C(=O)OC)CCC(C(C)(C)C)C3)cc1. The maximum atomic E-state index is 12.9. The van der Waals surface area contributed by atoms with Crippen molar-refractivity contribution in [1.29, 1.82) is 0 Å². The van der Waals surface area contributed by atoms with Gasteiger partial charge in [-0.15, -0.1) is 11.3 Å². The summed E-state index contributed by atoms with van der Waals surface area (Å²) in [6.45, 7) is 10.9. The van der Waals surface area contributed by atoms with Gasteiger partial charge in [0.2, 0.25) is 0 Å². The average Bonchev–Trinajstić information content (AvgIpc) is 3.09. The monoisotopic (exact) mass is 443 g/mol. The smallest absolute Gasteiger partial charge is 0.341 e. The molecular weight excluding hydrogens is 410 g/mol. The first kappa shape index (κ1) is 23.3. The average molecular weight is 444 g/mol. The van der Waals surface area contributed by atoms with Crippen LogP contribution in [-0.4, -0.2) is 25.1 Å². The number of hydrogen-bond acceptors (Lipinski definition) is 5. The van der Waals surface area contributed by atoms with E-state index >= 15 is 0 Å². The third kappa shape index (κ3) is 5.29. The Morgan fingerprint density at radius 1 is 1.23 bits per heavy atom. The molecule has 1 aromatic heterocycles. The van der Waals surface area contributed by atoms with Gasteiger partial charge in [-0.05, 0) is 73.8 Å². The summed E-state index contributed by atoms with van der Waals surface area (Å²) in [7, 11) is 1.38. The van der Waals surface area contributed by atoms with E-state index in [9.17, 15) is 9.59 Å². The molecule has 168 valence electrons. The topological polar surface area (TPSA) is 64.6 Å². The van der Waals surface area contributed by atoms with Gasteiger partial charge in [0.05, 0.1) is 18.8 Å². The van der Waals surface area contributed by atoms with Gasteiger partial charge in [0.25, 0.3) is 5.91 Å². The molecule has 0 radical (unpaired) electrons. The van der Waals surface area contributed by atoms with Crippen LogP contribution in [0, 0.1) is 11.3 Å². The van der Waals surface area contributed by atoms with Crippen molar-refractivity contribution in [2.24, 2.45) is 11.3 Å². The summed E-state index contributed by atoms with van der Waals surface area (Å²) in [4.78, 5) is 26.6. The van der Waals surface area contributed by atoms with Gasteiger partial charge in [0.15, 0.2) is 0 Å². The van der Waals surface area contributed by atoms with Crippen LogP contribution in [0.3, 0.4) is 0 Å². The van der Waals surface area contributed by atoms with Crippen LogP contribution in [0.1, 0.15) is 78.6 Å². The number of anilines is 1. The minimum absolute atomic E-state index is 0.122. The van der Waals surface area contributed by atoms with Crippen molar-refractivity contribution >= 4 is 28.2 Å². The zero-order valence-corrected chi connectivity index (χ0v) is 20.2. The Balaban J connectivity index is 1.83. The number of esters is 1. The van der Waals surface area contributed by atoms with Crippen molar-refractivity contribution in [3.8, 4) is 5.75 Å². The zero-order valence-electron chi connectivity index (χ0n) is 19.3. The van der Waals surface area contributed by atoms with E-state index in [-0.39, 0.29) is 23.4 Å². The van der Waals surface area contributed by atoms with Crippen molar-refractivity contribution < 1.29 is 19.1 Å². The normalized spacial score (nSPS) is 16.9. The van der Waals surface area contributed by atoms with Gasteiger partial charge in [-0.25, -0.2) is 4.79 Å². The molecule has 1 aliphatic carbocycles. The Kier molecular flexibility index (Phi) is 7.10. The molecule has 1 heterocycles. The second kappa shape index (κ2) is 9.43. The summed E-state index contributed by atoms with van der Waals surface area (Å²) in [6, 6.07) is 7.09. The van der Waals surface area contributed by atoms with Crippen LogP contribution in [0.2, 0.25) is 0 Å². The van der Waals surface area contributed by atoms with Gasteiger partial charge in [0, 0.05) is 10.4 Å². The van der Waals surface area contributed by atoms with Gasteiger partial charge in [-0.1, -0.05) is 27.7 Å². The zero-order chi connectivity index (χ0) is 22.8. The predicted octanol–water partition coefficient (Wildman–Crippen LogP) is 6.12.